The van der Waals surface area contributed by atoms with E-state index in [9.17, 15) is 4.79 Å². The molecule has 23 heavy (non-hydrogen) atoms. The van der Waals surface area contributed by atoms with Crippen molar-refractivity contribution in [2.75, 3.05) is 7.11 Å². The van der Waals surface area contributed by atoms with Crippen molar-refractivity contribution in [2.45, 2.75) is 6.54 Å². The maximum atomic E-state index is 12.2. The van der Waals surface area contributed by atoms with Crippen LogP contribution in [0.4, 0.5) is 0 Å². The largest absolute Gasteiger partial charge is 0.480 e. The van der Waals surface area contributed by atoms with Crippen molar-refractivity contribution in [2.24, 2.45) is 0 Å². The van der Waals surface area contributed by atoms with Crippen LogP contribution in [0, 0.1) is 0 Å². The van der Waals surface area contributed by atoms with Crippen molar-refractivity contribution < 1.29 is 9.53 Å². The van der Waals surface area contributed by atoms with Gasteiger partial charge in [-0.1, -0.05) is 0 Å². The van der Waals surface area contributed by atoms with Gasteiger partial charge in [-0.05, 0) is 12.1 Å². The summed E-state index contributed by atoms with van der Waals surface area (Å²) in [6, 6.07) is 3.30. The SMILES string of the molecule is COc1ncccc1C(=O)NCc1nc(-c2cnccn2)n[nH]1. The van der Waals surface area contributed by atoms with Crippen molar-refractivity contribution in [3.05, 3.63) is 48.3 Å². The second kappa shape index (κ2) is 6.60. The molecule has 0 radical (unpaired) electrons. The Bertz CT molecular complexity index is 804. The number of H-pyrrole nitrogens is 1. The summed E-state index contributed by atoms with van der Waals surface area (Å²) in [5.41, 5.74) is 0.902. The zero-order valence-corrected chi connectivity index (χ0v) is 12.2. The van der Waals surface area contributed by atoms with Gasteiger partial charge in [-0.25, -0.2) is 15.0 Å². The highest BCUT2D eigenvalue weighted by Gasteiger charge is 2.13. The lowest BCUT2D eigenvalue weighted by Crippen LogP contribution is -2.24. The fourth-order valence-corrected chi connectivity index (χ4v) is 1.89. The normalized spacial score (nSPS) is 10.3. The molecule has 0 atom stereocenters. The van der Waals surface area contributed by atoms with E-state index >= 15 is 0 Å². The molecule has 3 aromatic rings. The quantitative estimate of drug-likeness (QED) is 0.708. The van der Waals surface area contributed by atoms with E-state index in [-0.39, 0.29) is 18.3 Å². The first-order valence-electron chi connectivity index (χ1n) is 6.73. The number of rotatable bonds is 5. The van der Waals surface area contributed by atoms with Gasteiger partial charge < -0.3 is 10.1 Å². The van der Waals surface area contributed by atoms with Crippen molar-refractivity contribution in [3.63, 3.8) is 0 Å². The molecule has 0 saturated carbocycles. The Morgan fingerprint density at radius 3 is 3.00 bits per heavy atom. The van der Waals surface area contributed by atoms with Crippen molar-refractivity contribution >= 4 is 5.91 Å². The summed E-state index contributed by atoms with van der Waals surface area (Å²) in [5, 5.41) is 9.52. The van der Waals surface area contributed by atoms with Crippen LogP contribution in [0.1, 0.15) is 16.2 Å². The molecule has 3 heterocycles. The Labute approximate surface area is 131 Å². The average Bonchev–Trinajstić information content (AvgIpc) is 3.09. The van der Waals surface area contributed by atoms with Crippen LogP contribution in [0.25, 0.3) is 11.5 Å². The number of hydrogen-bond acceptors (Lipinski definition) is 7. The van der Waals surface area contributed by atoms with Gasteiger partial charge in [0.15, 0.2) is 0 Å². The standard InChI is InChI=1S/C14H13N7O2/c1-23-14-9(3-2-4-17-14)13(22)18-8-11-19-12(21-20-11)10-7-15-5-6-16-10/h2-7H,8H2,1H3,(H,18,22)(H,19,20,21). The summed E-state index contributed by atoms with van der Waals surface area (Å²) in [6.45, 7) is 0.185. The molecule has 0 aliphatic heterocycles. The topological polar surface area (TPSA) is 119 Å². The van der Waals surface area contributed by atoms with Gasteiger partial charge in [0.1, 0.15) is 17.1 Å². The van der Waals surface area contributed by atoms with Gasteiger partial charge in [-0.15, -0.1) is 0 Å². The zero-order chi connectivity index (χ0) is 16.1. The predicted molar refractivity (Wildman–Crippen MR) is 79.4 cm³/mol. The number of carbonyl (C=O) groups is 1. The number of methoxy groups -OCH3 is 1. The minimum Gasteiger partial charge on any atom is -0.480 e. The highest BCUT2D eigenvalue weighted by Crippen LogP contribution is 2.13. The maximum Gasteiger partial charge on any atom is 0.257 e. The van der Waals surface area contributed by atoms with Crippen LogP contribution < -0.4 is 10.1 Å². The van der Waals surface area contributed by atoms with Crippen molar-refractivity contribution in [1.82, 2.24) is 35.5 Å². The first-order chi connectivity index (χ1) is 11.3. The minimum absolute atomic E-state index is 0.185. The highest BCUT2D eigenvalue weighted by atomic mass is 16.5. The number of nitrogens with zero attached hydrogens (tertiary/aromatic N) is 5. The third-order valence-electron chi connectivity index (χ3n) is 2.95. The lowest BCUT2D eigenvalue weighted by Gasteiger charge is -2.06. The van der Waals surface area contributed by atoms with E-state index in [2.05, 4.69) is 35.5 Å². The molecule has 0 saturated heterocycles. The fourth-order valence-electron chi connectivity index (χ4n) is 1.89. The number of pyridine rings is 1. The van der Waals surface area contributed by atoms with E-state index in [1.807, 2.05) is 0 Å². The molecule has 0 aliphatic carbocycles. The van der Waals surface area contributed by atoms with Crippen LogP contribution in [0.15, 0.2) is 36.9 Å². The number of hydrogen-bond donors (Lipinski definition) is 2. The Balaban J connectivity index is 1.67. The molecule has 0 unspecified atom stereocenters. The van der Waals surface area contributed by atoms with Gasteiger partial charge in [0.2, 0.25) is 11.7 Å². The van der Waals surface area contributed by atoms with Crippen LogP contribution in [-0.4, -0.2) is 43.2 Å². The van der Waals surface area contributed by atoms with Crippen molar-refractivity contribution in [1.29, 1.82) is 0 Å². The average molecular weight is 311 g/mol. The minimum atomic E-state index is -0.313. The van der Waals surface area contributed by atoms with Crippen LogP contribution in [0.3, 0.4) is 0 Å². The molecular formula is C14H13N7O2. The molecule has 3 rings (SSSR count). The molecule has 3 aromatic heterocycles. The van der Waals surface area contributed by atoms with Gasteiger partial charge >= 0.3 is 0 Å². The molecule has 0 fully saturated rings. The first kappa shape index (κ1) is 14.6. The lowest BCUT2D eigenvalue weighted by atomic mass is 10.2. The first-order valence-corrected chi connectivity index (χ1v) is 6.73. The number of amides is 1. The summed E-state index contributed by atoms with van der Waals surface area (Å²) >= 11 is 0. The number of aromatic amines is 1. The molecule has 0 aromatic carbocycles. The number of aromatic nitrogens is 6. The van der Waals surface area contributed by atoms with Gasteiger partial charge in [0.05, 0.1) is 19.9 Å². The van der Waals surface area contributed by atoms with Gasteiger partial charge in [-0.3, -0.25) is 14.9 Å². The van der Waals surface area contributed by atoms with Crippen LogP contribution >= 0.6 is 0 Å². The number of carbonyl (C=O) groups excluding carboxylic acids is 1. The van der Waals surface area contributed by atoms with Gasteiger partial charge in [0.25, 0.3) is 5.91 Å². The van der Waals surface area contributed by atoms with Crippen LogP contribution in [0.2, 0.25) is 0 Å². The monoisotopic (exact) mass is 311 g/mol. The summed E-state index contributed by atoms with van der Waals surface area (Å²) < 4.78 is 5.06. The number of nitrogens with one attached hydrogen (secondary N) is 2. The molecule has 0 spiro atoms. The Morgan fingerprint density at radius 1 is 1.30 bits per heavy atom. The van der Waals surface area contributed by atoms with Crippen LogP contribution in [0.5, 0.6) is 5.88 Å². The maximum absolute atomic E-state index is 12.2. The molecule has 2 N–H and O–H groups in total. The van der Waals surface area contributed by atoms with Crippen LogP contribution in [-0.2, 0) is 6.54 Å². The Hall–Kier alpha value is -3.36. The van der Waals surface area contributed by atoms with E-state index in [1.165, 1.54) is 7.11 Å². The van der Waals surface area contributed by atoms with E-state index < -0.39 is 0 Å². The summed E-state index contributed by atoms with van der Waals surface area (Å²) in [6.07, 6.45) is 6.24. The number of ether oxygens (including phenoxy) is 1. The van der Waals surface area contributed by atoms with Crippen molar-refractivity contribution in [3.8, 4) is 17.4 Å². The lowest BCUT2D eigenvalue weighted by molar-refractivity contribution is 0.0946. The third kappa shape index (κ3) is 3.28. The molecule has 9 nitrogen and oxygen atoms in total. The van der Waals surface area contributed by atoms with E-state index in [4.69, 9.17) is 4.74 Å². The molecule has 9 heteroatoms. The molecular weight excluding hydrogens is 298 g/mol. The molecule has 1 amide bonds. The van der Waals surface area contributed by atoms with Gasteiger partial charge in [0, 0.05) is 18.6 Å². The summed E-state index contributed by atoms with van der Waals surface area (Å²) in [4.78, 5) is 28.5. The Kier molecular flexibility index (Phi) is 4.18. The highest BCUT2D eigenvalue weighted by molar-refractivity contribution is 5.96. The molecule has 0 aliphatic rings. The smallest absolute Gasteiger partial charge is 0.257 e. The summed E-state index contributed by atoms with van der Waals surface area (Å²) in [7, 11) is 1.46. The molecule has 0 bridgehead atoms. The zero-order valence-electron chi connectivity index (χ0n) is 12.2. The second-order valence-corrected chi connectivity index (χ2v) is 4.44. The third-order valence-corrected chi connectivity index (χ3v) is 2.95. The second-order valence-electron chi connectivity index (χ2n) is 4.44. The van der Waals surface area contributed by atoms with E-state index in [0.717, 1.165) is 0 Å². The summed E-state index contributed by atoms with van der Waals surface area (Å²) in [5.74, 6) is 0.874. The fraction of sp³-hybridized carbons (Fsp3) is 0.143. The molecule has 116 valence electrons. The van der Waals surface area contributed by atoms with Gasteiger partial charge in [-0.2, -0.15) is 5.10 Å². The van der Waals surface area contributed by atoms with E-state index in [0.29, 0.717) is 22.9 Å². The van der Waals surface area contributed by atoms with E-state index in [1.54, 1.807) is 36.9 Å². The Morgan fingerprint density at radius 2 is 2.22 bits per heavy atom. The predicted octanol–water partition coefficient (Wildman–Crippen LogP) is 0.595.